The highest BCUT2D eigenvalue weighted by molar-refractivity contribution is 9.10. The summed E-state index contributed by atoms with van der Waals surface area (Å²) in [6, 6.07) is 13.1. The molecule has 0 aliphatic rings. The van der Waals surface area contributed by atoms with E-state index in [0.29, 0.717) is 35.3 Å². The van der Waals surface area contributed by atoms with E-state index in [1.807, 2.05) is 30.3 Å². The van der Waals surface area contributed by atoms with Gasteiger partial charge in [-0.2, -0.15) is 17.7 Å². The van der Waals surface area contributed by atoms with Crippen molar-refractivity contribution in [1.82, 2.24) is 10.3 Å². The Morgan fingerprint density at radius 1 is 1.19 bits per heavy atom. The summed E-state index contributed by atoms with van der Waals surface area (Å²) in [4.78, 5) is 4.18. The number of thiol groups is 1. The van der Waals surface area contributed by atoms with Crippen LogP contribution < -0.4 is 11.1 Å². The minimum atomic E-state index is 0.328. The van der Waals surface area contributed by atoms with Gasteiger partial charge in [0.05, 0.1) is 5.69 Å². The highest BCUT2D eigenvalue weighted by Crippen LogP contribution is 2.33. The maximum atomic E-state index is 7.95. The summed E-state index contributed by atoms with van der Waals surface area (Å²) in [6.45, 7) is 0.645. The van der Waals surface area contributed by atoms with Gasteiger partial charge in [-0.25, -0.2) is 4.98 Å². The maximum absolute atomic E-state index is 7.95. The highest BCUT2D eigenvalue weighted by Gasteiger charge is 2.07. The fourth-order valence-electron chi connectivity index (χ4n) is 2.37. The first-order valence-electron chi connectivity index (χ1n) is 7.87. The lowest BCUT2D eigenvalue weighted by atomic mass is 10.1. The van der Waals surface area contributed by atoms with Crippen LogP contribution in [0.25, 0.3) is 10.8 Å². The van der Waals surface area contributed by atoms with E-state index in [9.17, 15) is 0 Å². The van der Waals surface area contributed by atoms with Gasteiger partial charge in [-0.15, -0.1) is 5.11 Å². The largest absolute Gasteiger partial charge is 0.382 e. The molecule has 8 heteroatoms. The first-order chi connectivity index (χ1) is 12.6. The van der Waals surface area contributed by atoms with Gasteiger partial charge in [0.15, 0.2) is 5.82 Å². The second-order valence-electron chi connectivity index (χ2n) is 5.50. The Morgan fingerprint density at radius 3 is 2.69 bits per heavy atom. The smallest absolute Gasteiger partial charge is 0.151 e. The Balaban J connectivity index is 1.86. The molecule has 1 aromatic heterocycles. The number of nitrogens with one attached hydrogen (secondary N) is 2. The summed E-state index contributed by atoms with van der Waals surface area (Å²) in [7, 11) is 0. The number of rotatable bonds is 5. The van der Waals surface area contributed by atoms with Crippen LogP contribution in [0, 0.1) is 5.41 Å². The number of halogens is 1. The third kappa shape index (κ3) is 4.20. The van der Waals surface area contributed by atoms with Gasteiger partial charge in [-0.05, 0) is 36.4 Å². The summed E-state index contributed by atoms with van der Waals surface area (Å²) in [5.74, 6) is 1.36. The molecule has 0 unspecified atom stereocenters. The van der Waals surface area contributed by atoms with Crippen molar-refractivity contribution in [3.63, 3.8) is 0 Å². The molecule has 3 aromatic rings. The van der Waals surface area contributed by atoms with E-state index < -0.39 is 0 Å². The van der Waals surface area contributed by atoms with E-state index in [0.717, 1.165) is 20.8 Å². The number of amidine groups is 1. The molecule has 0 amide bonds. The molecule has 0 saturated heterocycles. The van der Waals surface area contributed by atoms with E-state index in [1.165, 1.54) is 0 Å². The number of hydrogen-bond acceptors (Lipinski definition) is 6. The van der Waals surface area contributed by atoms with E-state index in [-0.39, 0.29) is 0 Å². The molecular weight excluding hydrogens is 412 g/mol. The second kappa shape index (κ2) is 8.29. The zero-order valence-corrected chi connectivity index (χ0v) is 16.3. The standard InChI is InChI=1S/C18H17BrN6S/c19-13-4-1-12-10-23-18(21)16(15(12)9-13)25-24-14-5-2-11(3-6-14)17(20)22-7-8-26/h1-6,9-10,26H,7-8H2,(H2,20,22)(H2,21,23)/b25-24+. The summed E-state index contributed by atoms with van der Waals surface area (Å²) >= 11 is 7.58. The first kappa shape index (κ1) is 18.3. The molecule has 26 heavy (non-hydrogen) atoms. The molecule has 0 radical (unpaired) electrons. The third-order valence-corrected chi connectivity index (χ3v) is 4.41. The molecule has 0 aliphatic heterocycles. The predicted octanol–water partition coefficient (Wildman–Crippen LogP) is 4.84. The minimum absolute atomic E-state index is 0.328. The number of nitrogens with two attached hydrogens (primary N) is 1. The number of benzene rings is 2. The number of aromatic nitrogens is 1. The number of hydrogen-bond donors (Lipinski definition) is 4. The summed E-state index contributed by atoms with van der Waals surface area (Å²) in [5, 5.41) is 21.3. The molecule has 132 valence electrons. The molecule has 0 spiro atoms. The fraction of sp³-hybridized carbons (Fsp3) is 0.111. The minimum Gasteiger partial charge on any atom is -0.382 e. The van der Waals surface area contributed by atoms with Crippen LogP contribution in [0.5, 0.6) is 0 Å². The molecule has 0 atom stereocenters. The Bertz CT molecular complexity index is 966. The van der Waals surface area contributed by atoms with Gasteiger partial charge < -0.3 is 11.1 Å². The predicted molar refractivity (Wildman–Crippen MR) is 113 cm³/mol. The van der Waals surface area contributed by atoms with Crippen molar-refractivity contribution >= 4 is 62.4 Å². The SMILES string of the molecule is N=C(NCCS)c1ccc(/N=N/c2c(N)ncc3ccc(Br)cc23)cc1. The lowest BCUT2D eigenvalue weighted by molar-refractivity contribution is 0.971. The number of nitrogens with zero attached hydrogens (tertiary/aromatic N) is 3. The second-order valence-corrected chi connectivity index (χ2v) is 6.86. The van der Waals surface area contributed by atoms with Crippen molar-refractivity contribution in [3.8, 4) is 0 Å². The van der Waals surface area contributed by atoms with Crippen LogP contribution in [-0.2, 0) is 0 Å². The van der Waals surface area contributed by atoms with Crippen LogP contribution in [0.4, 0.5) is 17.2 Å². The van der Waals surface area contributed by atoms with E-state index in [4.69, 9.17) is 11.1 Å². The van der Waals surface area contributed by atoms with E-state index in [1.54, 1.807) is 18.3 Å². The van der Waals surface area contributed by atoms with Gasteiger partial charge in [0, 0.05) is 39.3 Å². The van der Waals surface area contributed by atoms with Crippen LogP contribution in [-0.4, -0.2) is 23.1 Å². The Hall–Kier alpha value is -2.45. The van der Waals surface area contributed by atoms with Crippen molar-refractivity contribution in [2.24, 2.45) is 10.2 Å². The first-order valence-corrected chi connectivity index (χ1v) is 9.30. The van der Waals surface area contributed by atoms with Crippen LogP contribution >= 0.6 is 28.6 Å². The van der Waals surface area contributed by atoms with Crippen molar-refractivity contribution in [1.29, 1.82) is 5.41 Å². The van der Waals surface area contributed by atoms with Crippen molar-refractivity contribution in [2.75, 3.05) is 18.0 Å². The topological polar surface area (TPSA) is 99.5 Å². The molecule has 0 saturated carbocycles. The highest BCUT2D eigenvalue weighted by atomic mass is 79.9. The Labute approximate surface area is 165 Å². The summed E-state index contributed by atoms with van der Waals surface area (Å²) < 4.78 is 0.934. The van der Waals surface area contributed by atoms with Crippen LogP contribution in [0.15, 0.2) is 63.4 Å². The van der Waals surface area contributed by atoms with Gasteiger partial charge in [0.25, 0.3) is 0 Å². The number of anilines is 1. The molecule has 3 rings (SSSR count). The van der Waals surface area contributed by atoms with Crippen molar-refractivity contribution < 1.29 is 0 Å². The molecule has 6 nitrogen and oxygen atoms in total. The summed E-state index contributed by atoms with van der Waals surface area (Å²) in [6.07, 6.45) is 1.72. The van der Waals surface area contributed by atoms with Crippen molar-refractivity contribution in [3.05, 3.63) is 58.7 Å². The average molecular weight is 429 g/mol. The van der Waals surface area contributed by atoms with Gasteiger partial charge >= 0.3 is 0 Å². The third-order valence-electron chi connectivity index (χ3n) is 3.69. The normalized spacial score (nSPS) is 11.2. The Kier molecular flexibility index (Phi) is 5.85. The molecule has 0 bridgehead atoms. The average Bonchev–Trinajstić information content (AvgIpc) is 2.65. The molecule has 2 aromatic carbocycles. The van der Waals surface area contributed by atoms with Gasteiger partial charge in [0.1, 0.15) is 11.5 Å². The molecule has 0 aliphatic carbocycles. The van der Waals surface area contributed by atoms with Crippen LogP contribution in [0.3, 0.4) is 0 Å². The van der Waals surface area contributed by atoms with Crippen LogP contribution in [0.2, 0.25) is 0 Å². The molecule has 0 fully saturated rings. The van der Waals surface area contributed by atoms with Crippen molar-refractivity contribution in [2.45, 2.75) is 0 Å². The Morgan fingerprint density at radius 2 is 1.96 bits per heavy atom. The fourth-order valence-corrected chi connectivity index (χ4v) is 2.85. The zero-order chi connectivity index (χ0) is 18.5. The van der Waals surface area contributed by atoms with E-state index >= 15 is 0 Å². The lowest BCUT2D eigenvalue weighted by Crippen LogP contribution is -2.25. The number of azo groups is 1. The number of fused-ring (bicyclic) bond motifs is 1. The number of pyridine rings is 1. The molecular formula is C18H17BrN6S. The molecule has 4 N–H and O–H groups in total. The lowest BCUT2D eigenvalue weighted by Gasteiger charge is -2.06. The van der Waals surface area contributed by atoms with E-state index in [2.05, 4.69) is 49.1 Å². The molecule has 1 heterocycles. The number of nitrogen functional groups attached to an aromatic ring is 1. The zero-order valence-electron chi connectivity index (χ0n) is 13.8. The monoisotopic (exact) mass is 428 g/mol. The van der Waals surface area contributed by atoms with Gasteiger partial charge in [-0.3, -0.25) is 5.41 Å². The summed E-state index contributed by atoms with van der Waals surface area (Å²) in [5.41, 5.74) is 7.97. The van der Waals surface area contributed by atoms with Gasteiger partial charge in [-0.1, -0.05) is 22.0 Å². The quantitative estimate of drug-likeness (QED) is 0.202. The van der Waals surface area contributed by atoms with Crippen LogP contribution in [0.1, 0.15) is 5.56 Å². The van der Waals surface area contributed by atoms with Gasteiger partial charge in [0.2, 0.25) is 0 Å². The maximum Gasteiger partial charge on any atom is 0.151 e.